The summed E-state index contributed by atoms with van der Waals surface area (Å²) in [7, 11) is 1.74. The molecule has 0 aliphatic rings. The summed E-state index contributed by atoms with van der Waals surface area (Å²) in [5.74, 6) is -0.0767. The zero-order valence-corrected chi connectivity index (χ0v) is 11.6. The highest BCUT2D eigenvalue weighted by Gasteiger charge is 2.18. The molecule has 0 spiro atoms. The quantitative estimate of drug-likeness (QED) is 0.903. The third-order valence-electron chi connectivity index (χ3n) is 3.28. The Morgan fingerprint density at radius 3 is 2.50 bits per heavy atom. The van der Waals surface area contributed by atoms with Gasteiger partial charge < -0.3 is 10.6 Å². The van der Waals surface area contributed by atoms with Crippen LogP contribution in [0.5, 0.6) is 0 Å². The minimum absolute atomic E-state index is 0.0767. The van der Waals surface area contributed by atoms with Gasteiger partial charge in [0.1, 0.15) is 0 Å². The molecule has 20 heavy (non-hydrogen) atoms. The zero-order chi connectivity index (χ0) is 14.4. The van der Waals surface area contributed by atoms with Gasteiger partial charge in [0.05, 0.1) is 6.04 Å². The van der Waals surface area contributed by atoms with Gasteiger partial charge in [0.25, 0.3) is 0 Å². The monoisotopic (exact) mass is 269 g/mol. The van der Waals surface area contributed by atoms with Gasteiger partial charge >= 0.3 is 0 Å². The van der Waals surface area contributed by atoms with Gasteiger partial charge in [0, 0.05) is 25.1 Å². The summed E-state index contributed by atoms with van der Waals surface area (Å²) in [6.45, 7) is 0. The summed E-state index contributed by atoms with van der Waals surface area (Å²) in [4.78, 5) is 17.8. The molecular weight excluding hydrogens is 250 g/mol. The van der Waals surface area contributed by atoms with Crippen molar-refractivity contribution in [1.29, 1.82) is 0 Å². The molecule has 1 aromatic carbocycles. The first-order chi connectivity index (χ1) is 9.68. The zero-order valence-electron chi connectivity index (χ0n) is 11.6. The second-order valence-corrected chi connectivity index (χ2v) is 4.73. The maximum Gasteiger partial charge on any atom is 0.243 e. The molecule has 0 unspecified atom stereocenters. The lowest BCUT2D eigenvalue weighted by atomic mass is 10.0. The second-order valence-electron chi connectivity index (χ2n) is 4.73. The third-order valence-corrected chi connectivity index (χ3v) is 3.28. The third kappa shape index (κ3) is 3.65. The van der Waals surface area contributed by atoms with Crippen LogP contribution in [0.1, 0.15) is 12.0 Å². The molecule has 2 N–H and O–H groups in total. The Morgan fingerprint density at radius 2 is 1.85 bits per heavy atom. The number of amides is 1. The van der Waals surface area contributed by atoms with Crippen LogP contribution in [-0.2, 0) is 11.2 Å². The number of nitrogens with zero attached hydrogens (tertiary/aromatic N) is 2. The van der Waals surface area contributed by atoms with Crippen molar-refractivity contribution in [2.75, 3.05) is 11.9 Å². The van der Waals surface area contributed by atoms with E-state index in [4.69, 9.17) is 5.73 Å². The van der Waals surface area contributed by atoms with E-state index in [0.29, 0.717) is 6.42 Å². The SMILES string of the molecule is CN(C(=O)[C@@H](N)CCc1ccccc1)c1ccncc1. The van der Waals surface area contributed by atoms with Gasteiger partial charge in [0.2, 0.25) is 5.91 Å². The minimum Gasteiger partial charge on any atom is -0.320 e. The molecule has 2 aromatic rings. The lowest BCUT2D eigenvalue weighted by Crippen LogP contribution is -2.42. The van der Waals surface area contributed by atoms with Crippen LogP contribution in [0.3, 0.4) is 0 Å². The summed E-state index contributed by atoms with van der Waals surface area (Å²) in [5, 5.41) is 0. The van der Waals surface area contributed by atoms with E-state index in [9.17, 15) is 4.79 Å². The lowest BCUT2D eigenvalue weighted by Gasteiger charge is -2.21. The molecule has 1 heterocycles. The molecular formula is C16H19N3O. The Balaban J connectivity index is 1.92. The lowest BCUT2D eigenvalue weighted by molar-refractivity contribution is -0.119. The van der Waals surface area contributed by atoms with Crippen LogP contribution in [0.2, 0.25) is 0 Å². The molecule has 0 saturated carbocycles. The smallest absolute Gasteiger partial charge is 0.243 e. The largest absolute Gasteiger partial charge is 0.320 e. The molecule has 0 saturated heterocycles. The first-order valence-corrected chi connectivity index (χ1v) is 6.65. The number of benzene rings is 1. The number of carbonyl (C=O) groups is 1. The van der Waals surface area contributed by atoms with Gasteiger partial charge in [-0.2, -0.15) is 0 Å². The molecule has 4 nitrogen and oxygen atoms in total. The minimum atomic E-state index is -0.492. The average molecular weight is 269 g/mol. The predicted molar refractivity (Wildman–Crippen MR) is 80.4 cm³/mol. The van der Waals surface area contributed by atoms with E-state index < -0.39 is 6.04 Å². The molecule has 1 amide bonds. The fourth-order valence-electron chi connectivity index (χ4n) is 2.03. The van der Waals surface area contributed by atoms with Gasteiger partial charge in [-0.05, 0) is 30.5 Å². The highest BCUT2D eigenvalue weighted by atomic mass is 16.2. The fraction of sp³-hybridized carbons (Fsp3) is 0.250. The summed E-state index contributed by atoms with van der Waals surface area (Å²) in [5.41, 5.74) is 8.00. The number of aryl methyl sites for hydroxylation is 1. The van der Waals surface area contributed by atoms with Crippen molar-refractivity contribution in [3.8, 4) is 0 Å². The molecule has 0 fully saturated rings. The van der Waals surface area contributed by atoms with Gasteiger partial charge in [-0.25, -0.2) is 0 Å². The highest BCUT2D eigenvalue weighted by molar-refractivity contribution is 5.96. The van der Waals surface area contributed by atoms with Crippen LogP contribution in [0, 0.1) is 0 Å². The van der Waals surface area contributed by atoms with Crippen molar-refractivity contribution in [2.24, 2.45) is 5.73 Å². The number of likely N-dealkylation sites (N-methyl/N-ethyl adjacent to an activating group) is 1. The summed E-state index contributed by atoms with van der Waals surface area (Å²) >= 11 is 0. The highest BCUT2D eigenvalue weighted by Crippen LogP contribution is 2.12. The molecule has 104 valence electrons. The Labute approximate surface area is 119 Å². The van der Waals surface area contributed by atoms with Crippen molar-refractivity contribution in [2.45, 2.75) is 18.9 Å². The normalized spacial score (nSPS) is 11.9. The predicted octanol–water partition coefficient (Wildman–Crippen LogP) is 2.00. The van der Waals surface area contributed by atoms with Crippen molar-refractivity contribution in [3.05, 3.63) is 60.4 Å². The van der Waals surface area contributed by atoms with Crippen molar-refractivity contribution in [3.63, 3.8) is 0 Å². The van der Waals surface area contributed by atoms with E-state index >= 15 is 0 Å². The first kappa shape index (κ1) is 14.2. The Hall–Kier alpha value is -2.20. The standard InChI is InChI=1S/C16H19N3O/c1-19(14-9-11-18-12-10-14)16(20)15(17)8-7-13-5-3-2-4-6-13/h2-6,9-12,15H,7-8,17H2,1H3/t15-/m0/s1. The van der Waals surface area contributed by atoms with E-state index in [-0.39, 0.29) is 5.91 Å². The average Bonchev–Trinajstić information content (AvgIpc) is 2.53. The topological polar surface area (TPSA) is 59.2 Å². The van der Waals surface area contributed by atoms with Crippen molar-refractivity contribution < 1.29 is 4.79 Å². The molecule has 4 heteroatoms. The Kier molecular flexibility index (Phi) is 4.85. The molecule has 1 aromatic heterocycles. The Morgan fingerprint density at radius 1 is 1.20 bits per heavy atom. The second kappa shape index (κ2) is 6.82. The number of aromatic nitrogens is 1. The van der Waals surface area contributed by atoms with Crippen molar-refractivity contribution >= 4 is 11.6 Å². The number of nitrogens with two attached hydrogens (primary N) is 1. The summed E-state index contributed by atoms with van der Waals surface area (Å²) < 4.78 is 0. The van der Waals surface area contributed by atoms with Crippen LogP contribution >= 0.6 is 0 Å². The molecule has 0 bridgehead atoms. The van der Waals surface area contributed by atoms with Crippen LogP contribution < -0.4 is 10.6 Å². The maximum absolute atomic E-state index is 12.2. The van der Waals surface area contributed by atoms with Crippen LogP contribution in [0.25, 0.3) is 0 Å². The number of pyridine rings is 1. The van der Waals surface area contributed by atoms with Crippen LogP contribution in [0.15, 0.2) is 54.9 Å². The first-order valence-electron chi connectivity index (χ1n) is 6.65. The number of carbonyl (C=O) groups excluding carboxylic acids is 1. The van der Waals surface area contributed by atoms with Crippen LogP contribution in [-0.4, -0.2) is 24.0 Å². The van der Waals surface area contributed by atoms with Gasteiger partial charge in [-0.1, -0.05) is 30.3 Å². The van der Waals surface area contributed by atoms with Gasteiger partial charge in [-0.15, -0.1) is 0 Å². The molecule has 0 aliphatic carbocycles. The maximum atomic E-state index is 12.2. The van der Waals surface area contributed by atoms with E-state index in [1.807, 2.05) is 30.3 Å². The number of anilines is 1. The van der Waals surface area contributed by atoms with E-state index in [2.05, 4.69) is 4.98 Å². The van der Waals surface area contributed by atoms with E-state index in [1.54, 1.807) is 36.5 Å². The van der Waals surface area contributed by atoms with Gasteiger partial charge in [0.15, 0.2) is 0 Å². The van der Waals surface area contributed by atoms with E-state index in [0.717, 1.165) is 12.1 Å². The fourth-order valence-corrected chi connectivity index (χ4v) is 2.03. The summed E-state index contributed by atoms with van der Waals surface area (Å²) in [6, 6.07) is 13.1. The number of hydrogen-bond donors (Lipinski definition) is 1. The molecule has 1 atom stereocenters. The van der Waals surface area contributed by atoms with Crippen LogP contribution in [0.4, 0.5) is 5.69 Å². The van der Waals surface area contributed by atoms with Gasteiger partial charge in [-0.3, -0.25) is 9.78 Å². The van der Waals surface area contributed by atoms with Crippen molar-refractivity contribution in [1.82, 2.24) is 4.98 Å². The summed E-state index contributed by atoms with van der Waals surface area (Å²) in [6.07, 6.45) is 4.76. The molecule has 0 aliphatic heterocycles. The number of rotatable bonds is 5. The molecule has 2 rings (SSSR count). The Bertz CT molecular complexity index is 542. The van der Waals surface area contributed by atoms with E-state index in [1.165, 1.54) is 5.56 Å². The number of hydrogen-bond acceptors (Lipinski definition) is 3. The molecule has 0 radical (unpaired) electrons.